The van der Waals surface area contributed by atoms with Gasteiger partial charge in [0, 0.05) is 13.0 Å². The Labute approximate surface area is 200 Å². The van der Waals surface area contributed by atoms with Crippen molar-refractivity contribution in [1.82, 2.24) is 4.90 Å². The summed E-state index contributed by atoms with van der Waals surface area (Å²) in [5.41, 5.74) is -3.80. The van der Waals surface area contributed by atoms with Crippen LogP contribution in [0.4, 0.5) is 23.7 Å². The Morgan fingerprint density at radius 1 is 1.17 bits per heavy atom. The van der Waals surface area contributed by atoms with Crippen molar-refractivity contribution >= 4 is 23.6 Å². The van der Waals surface area contributed by atoms with Crippen molar-refractivity contribution in [2.75, 3.05) is 18.6 Å². The van der Waals surface area contributed by atoms with E-state index in [9.17, 15) is 27.6 Å². The second-order valence-electron chi connectivity index (χ2n) is 8.51. The molecule has 7 nitrogen and oxygen atoms in total. The van der Waals surface area contributed by atoms with Crippen LogP contribution in [0, 0.1) is 30.1 Å². The Kier molecular flexibility index (Phi) is 6.83. The number of nitrogens with zero attached hydrogens (tertiary/aromatic N) is 3. The van der Waals surface area contributed by atoms with Crippen LogP contribution in [-0.4, -0.2) is 36.5 Å². The number of benzene rings is 2. The molecule has 0 radical (unpaired) electrons. The number of ether oxygens (including phenoxy) is 1. The Morgan fingerprint density at radius 3 is 2.34 bits per heavy atom. The molecule has 2 aromatic carbocycles. The van der Waals surface area contributed by atoms with Crippen LogP contribution in [0.25, 0.3) is 0 Å². The van der Waals surface area contributed by atoms with Crippen molar-refractivity contribution in [1.29, 1.82) is 5.26 Å². The zero-order valence-electron chi connectivity index (χ0n) is 19.3. The average molecular weight is 486 g/mol. The maximum atomic E-state index is 13.8. The minimum Gasteiger partial charge on any atom is -0.459 e. The normalized spacial score (nSPS) is 19.1. The van der Waals surface area contributed by atoms with E-state index in [1.54, 1.807) is 44.2 Å². The molecule has 35 heavy (non-hydrogen) atoms. The highest BCUT2D eigenvalue weighted by atomic mass is 19.4. The number of halogens is 3. The van der Waals surface area contributed by atoms with Gasteiger partial charge in [-0.05, 0) is 23.8 Å². The number of carbonyl (C=O) groups excluding carboxylic acids is 3. The summed E-state index contributed by atoms with van der Waals surface area (Å²) in [4.78, 5) is 41.2. The SMILES string of the molecule is [CH2+]C(C(=O)OCC1(c2ccccc2)C(=O)N(c2ccc(C#N)c(C(F)(F)F)c2)C(=O)N1C)C(C)C. The van der Waals surface area contributed by atoms with Crippen molar-refractivity contribution < 1.29 is 32.3 Å². The molecule has 3 amide bonds. The van der Waals surface area contributed by atoms with Crippen LogP contribution >= 0.6 is 0 Å². The number of hydrogen-bond donors (Lipinski definition) is 0. The second kappa shape index (κ2) is 9.33. The fraction of sp³-hybridized carbons (Fsp3) is 0.320. The summed E-state index contributed by atoms with van der Waals surface area (Å²) in [6.07, 6.45) is -4.88. The number of esters is 1. The molecule has 1 fully saturated rings. The summed E-state index contributed by atoms with van der Waals surface area (Å²) in [5, 5.41) is 9.06. The predicted octanol–water partition coefficient (Wildman–Crippen LogP) is 4.52. The molecule has 0 saturated carbocycles. The maximum absolute atomic E-state index is 13.8. The Morgan fingerprint density at radius 2 is 1.80 bits per heavy atom. The third kappa shape index (κ3) is 4.41. The number of nitriles is 1. The van der Waals surface area contributed by atoms with Crippen molar-refractivity contribution in [3.63, 3.8) is 0 Å². The molecule has 2 atom stereocenters. The molecule has 10 heteroatoms. The number of anilines is 1. The highest BCUT2D eigenvalue weighted by Gasteiger charge is 2.58. The number of amides is 3. The van der Waals surface area contributed by atoms with Crippen LogP contribution in [0.2, 0.25) is 0 Å². The van der Waals surface area contributed by atoms with E-state index in [1.165, 1.54) is 13.1 Å². The van der Waals surface area contributed by atoms with E-state index in [-0.39, 0.29) is 11.6 Å². The molecular formula is C25H23F3N3O4+. The second-order valence-corrected chi connectivity index (χ2v) is 8.51. The van der Waals surface area contributed by atoms with Gasteiger partial charge in [0.05, 0.1) is 29.8 Å². The van der Waals surface area contributed by atoms with Crippen LogP contribution in [0.15, 0.2) is 48.5 Å². The van der Waals surface area contributed by atoms with E-state index in [0.29, 0.717) is 16.5 Å². The molecule has 0 aromatic heterocycles. The van der Waals surface area contributed by atoms with Gasteiger partial charge < -0.3 is 9.64 Å². The van der Waals surface area contributed by atoms with Gasteiger partial charge in [-0.15, -0.1) is 0 Å². The van der Waals surface area contributed by atoms with Crippen molar-refractivity contribution in [2.24, 2.45) is 11.8 Å². The molecule has 2 unspecified atom stereocenters. The number of carbonyl (C=O) groups is 3. The molecule has 0 bridgehead atoms. The van der Waals surface area contributed by atoms with Gasteiger partial charge in [0.25, 0.3) is 5.91 Å². The van der Waals surface area contributed by atoms with Gasteiger partial charge in [0.15, 0.2) is 11.5 Å². The predicted molar refractivity (Wildman–Crippen MR) is 120 cm³/mol. The highest BCUT2D eigenvalue weighted by molar-refractivity contribution is 6.23. The molecule has 0 spiro atoms. The highest BCUT2D eigenvalue weighted by Crippen LogP contribution is 2.41. The first-order chi connectivity index (χ1) is 16.4. The summed E-state index contributed by atoms with van der Waals surface area (Å²) >= 11 is 0. The van der Waals surface area contributed by atoms with Gasteiger partial charge in [0.1, 0.15) is 6.61 Å². The van der Waals surface area contributed by atoms with E-state index in [2.05, 4.69) is 6.92 Å². The zero-order chi connectivity index (χ0) is 26.1. The van der Waals surface area contributed by atoms with Gasteiger partial charge in [-0.1, -0.05) is 44.2 Å². The fourth-order valence-electron chi connectivity index (χ4n) is 3.79. The topological polar surface area (TPSA) is 90.7 Å². The molecule has 1 saturated heterocycles. The maximum Gasteiger partial charge on any atom is 0.417 e. The van der Waals surface area contributed by atoms with Crippen LogP contribution in [0.5, 0.6) is 0 Å². The zero-order valence-corrected chi connectivity index (χ0v) is 19.3. The molecule has 0 N–H and O–H groups in total. The van der Waals surface area contributed by atoms with Crippen molar-refractivity contribution in [3.8, 4) is 6.07 Å². The first-order valence-corrected chi connectivity index (χ1v) is 10.6. The fourth-order valence-corrected chi connectivity index (χ4v) is 3.79. The minimum atomic E-state index is -4.88. The number of rotatable bonds is 6. The van der Waals surface area contributed by atoms with Gasteiger partial charge in [-0.3, -0.25) is 4.79 Å². The molecule has 0 aliphatic carbocycles. The largest absolute Gasteiger partial charge is 0.459 e. The van der Waals surface area contributed by atoms with E-state index >= 15 is 0 Å². The number of hydrogen-bond acceptors (Lipinski definition) is 5. The lowest BCUT2D eigenvalue weighted by Gasteiger charge is -2.32. The summed E-state index contributed by atoms with van der Waals surface area (Å²) in [5.74, 6) is -2.46. The molecular weight excluding hydrogens is 463 g/mol. The van der Waals surface area contributed by atoms with E-state index in [4.69, 9.17) is 10.00 Å². The number of alkyl halides is 3. The number of imide groups is 1. The monoisotopic (exact) mass is 486 g/mol. The minimum absolute atomic E-state index is 0.148. The Bertz CT molecular complexity index is 1190. The lowest BCUT2D eigenvalue weighted by atomic mass is 9.89. The number of urea groups is 1. The van der Waals surface area contributed by atoms with Gasteiger partial charge >= 0.3 is 18.2 Å². The quantitative estimate of drug-likeness (QED) is 0.340. The summed E-state index contributed by atoms with van der Waals surface area (Å²) < 4.78 is 46.0. The van der Waals surface area contributed by atoms with Crippen LogP contribution < -0.4 is 4.90 Å². The van der Waals surface area contributed by atoms with Gasteiger partial charge in [0.2, 0.25) is 0 Å². The van der Waals surface area contributed by atoms with Crippen LogP contribution in [-0.2, 0) is 26.0 Å². The Hall–Kier alpha value is -4.00. The molecule has 1 aliphatic heterocycles. The smallest absolute Gasteiger partial charge is 0.417 e. The van der Waals surface area contributed by atoms with Gasteiger partial charge in [-0.2, -0.15) is 18.4 Å². The van der Waals surface area contributed by atoms with Crippen molar-refractivity contribution in [2.45, 2.75) is 25.6 Å². The van der Waals surface area contributed by atoms with Crippen LogP contribution in [0.3, 0.4) is 0 Å². The summed E-state index contributed by atoms with van der Waals surface area (Å²) in [6.45, 7) is 6.74. The molecule has 182 valence electrons. The first-order valence-electron chi connectivity index (χ1n) is 10.6. The van der Waals surface area contributed by atoms with Gasteiger partial charge in [-0.25, -0.2) is 14.5 Å². The third-order valence-corrected chi connectivity index (χ3v) is 6.08. The third-order valence-electron chi connectivity index (χ3n) is 6.08. The summed E-state index contributed by atoms with van der Waals surface area (Å²) in [7, 11) is 1.31. The van der Waals surface area contributed by atoms with E-state index in [0.717, 1.165) is 17.0 Å². The van der Waals surface area contributed by atoms with Crippen molar-refractivity contribution in [3.05, 3.63) is 72.1 Å². The lowest BCUT2D eigenvalue weighted by molar-refractivity contribution is -0.153. The van der Waals surface area contributed by atoms with Crippen LogP contribution in [0.1, 0.15) is 30.5 Å². The Balaban J connectivity index is 2.11. The molecule has 1 aliphatic rings. The standard InChI is InChI=1S/C25H23F3N3O4/c1-15(2)16(3)21(32)35-14-24(18-8-6-5-7-9-18)22(33)31(23(34)30(24)4)19-11-10-17(13-29)20(12-19)25(26,27)28/h5-12,15-16H,3,14H2,1-2,4H3/q+1. The first kappa shape index (κ1) is 25.6. The van der Waals surface area contributed by atoms with E-state index < -0.39 is 53.3 Å². The number of likely N-dealkylation sites (N-methyl/N-ethyl adjacent to an activating group) is 1. The lowest BCUT2D eigenvalue weighted by Crippen LogP contribution is -2.49. The van der Waals surface area contributed by atoms with E-state index in [1.807, 2.05) is 0 Å². The molecule has 2 aromatic rings. The summed E-state index contributed by atoms with van der Waals surface area (Å²) in [6, 6.07) is 11.2. The average Bonchev–Trinajstić information content (AvgIpc) is 3.02. The molecule has 1 heterocycles. The molecule has 3 rings (SSSR count).